The molecular weight excluding hydrogens is 384 g/mol. The molecule has 1 aromatic rings. The minimum Gasteiger partial charge on any atom is -0.450 e. The maximum atomic E-state index is 12.4. The van der Waals surface area contributed by atoms with Crippen molar-refractivity contribution < 1.29 is 43.7 Å². The van der Waals surface area contributed by atoms with Crippen molar-refractivity contribution >= 4 is 12.1 Å². The molecule has 0 heterocycles. The molecule has 0 aliphatic heterocycles. The van der Waals surface area contributed by atoms with Crippen LogP contribution < -0.4 is 0 Å². The normalized spacial score (nSPS) is 12.6. The van der Waals surface area contributed by atoms with Crippen LogP contribution in [0.5, 0.6) is 0 Å². The molecule has 0 saturated heterocycles. The largest absolute Gasteiger partial charge is 0.509 e. The van der Waals surface area contributed by atoms with Gasteiger partial charge in [0.1, 0.15) is 11.2 Å². The first-order chi connectivity index (χ1) is 13.5. The summed E-state index contributed by atoms with van der Waals surface area (Å²) in [6.07, 6.45) is -0.927. The first kappa shape index (κ1) is 24.3. The Morgan fingerprint density at radius 3 is 2.17 bits per heavy atom. The van der Waals surface area contributed by atoms with E-state index in [1.165, 1.54) is 20.8 Å². The van der Waals surface area contributed by atoms with Gasteiger partial charge in [-0.15, -0.1) is 0 Å². The Balaban J connectivity index is 2.96. The highest BCUT2D eigenvalue weighted by atomic mass is 17.3. The highest BCUT2D eigenvalue weighted by molar-refractivity contribution is 5.88. The van der Waals surface area contributed by atoms with Crippen LogP contribution in [-0.2, 0) is 39.4 Å². The number of benzene rings is 1. The van der Waals surface area contributed by atoms with Crippen LogP contribution in [0, 0.1) is 0 Å². The average Bonchev–Trinajstić information content (AvgIpc) is 2.63. The molecular formula is C20H28O9. The van der Waals surface area contributed by atoms with E-state index in [1.807, 2.05) is 37.3 Å². The zero-order chi connectivity index (χ0) is 22.1. The van der Waals surface area contributed by atoms with E-state index in [-0.39, 0.29) is 18.1 Å². The van der Waals surface area contributed by atoms with Gasteiger partial charge in [0.25, 0.3) is 5.79 Å². The third-order valence-corrected chi connectivity index (χ3v) is 3.50. The van der Waals surface area contributed by atoms with Gasteiger partial charge in [-0.1, -0.05) is 37.3 Å². The monoisotopic (exact) mass is 412 g/mol. The van der Waals surface area contributed by atoms with Crippen molar-refractivity contribution in [3.63, 3.8) is 0 Å². The van der Waals surface area contributed by atoms with E-state index in [4.69, 9.17) is 29.4 Å². The number of carboxylic acid groups (broad SMARTS) is 1. The Morgan fingerprint density at radius 2 is 1.62 bits per heavy atom. The smallest absolute Gasteiger partial charge is 0.450 e. The first-order valence-corrected chi connectivity index (χ1v) is 9.05. The van der Waals surface area contributed by atoms with Crippen LogP contribution in [0.15, 0.2) is 41.9 Å². The number of carbonyl (C=O) groups excluding carboxylic acids is 1. The molecule has 0 aliphatic carbocycles. The molecule has 0 aliphatic rings. The Labute approximate surface area is 170 Å². The molecule has 0 bridgehead atoms. The van der Waals surface area contributed by atoms with Crippen LogP contribution in [0.25, 0.3) is 0 Å². The van der Waals surface area contributed by atoms with Crippen molar-refractivity contribution in [2.75, 3.05) is 6.61 Å². The molecule has 162 valence electrons. The second kappa shape index (κ2) is 10.7. The minimum atomic E-state index is -1.72. The molecule has 0 aromatic heterocycles. The maximum absolute atomic E-state index is 12.4. The van der Waals surface area contributed by atoms with Gasteiger partial charge in [0, 0.05) is 13.8 Å². The van der Waals surface area contributed by atoms with Gasteiger partial charge in [0.15, 0.2) is 0 Å². The van der Waals surface area contributed by atoms with Gasteiger partial charge in [-0.05, 0) is 32.8 Å². The third kappa shape index (κ3) is 8.41. The fourth-order valence-corrected chi connectivity index (χ4v) is 1.96. The predicted molar refractivity (Wildman–Crippen MR) is 101 cm³/mol. The molecule has 1 N–H and O–H groups in total. The average molecular weight is 412 g/mol. The molecule has 0 unspecified atom stereocenters. The van der Waals surface area contributed by atoms with Crippen molar-refractivity contribution in [2.24, 2.45) is 0 Å². The highest BCUT2D eigenvalue weighted by Crippen LogP contribution is 2.27. The molecule has 0 radical (unpaired) electrons. The molecule has 0 spiro atoms. The van der Waals surface area contributed by atoms with Gasteiger partial charge >= 0.3 is 18.1 Å². The summed E-state index contributed by atoms with van der Waals surface area (Å²) >= 11 is 0. The minimum absolute atomic E-state index is 0.146. The van der Waals surface area contributed by atoms with Crippen molar-refractivity contribution in [2.45, 2.75) is 59.4 Å². The number of esters is 1. The summed E-state index contributed by atoms with van der Waals surface area (Å²) < 4.78 is 9.56. The topological polar surface area (TPSA) is 110 Å². The van der Waals surface area contributed by atoms with Crippen LogP contribution in [0.1, 0.15) is 53.5 Å². The van der Waals surface area contributed by atoms with Gasteiger partial charge in [-0.2, -0.15) is 9.78 Å². The zero-order valence-electron chi connectivity index (χ0n) is 17.5. The Kier molecular flexibility index (Phi) is 8.93. The molecule has 9 heteroatoms. The van der Waals surface area contributed by atoms with Crippen molar-refractivity contribution in [1.82, 2.24) is 0 Å². The van der Waals surface area contributed by atoms with E-state index in [1.54, 1.807) is 13.8 Å². The molecule has 0 amide bonds. The first-order valence-electron chi connectivity index (χ1n) is 9.05. The van der Waals surface area contributed by atoms with Gasteiger partial charge in [0.2, 0.25) is 0 Å². The zero-order valence-corrected chi connectivity index (χ0v) is 17.5. The summed E-state index contributed by atoms with van der Waals surface area (Å²) in [5, 5.41) is 8.72. The fraction of sp³-hybridized carbons (Fsp3) is 0.500. The molecule has 9 nitrogen and oxygen atoms in total. The van der Waals surface area contributed by atoms with E-state index >= 15 is 0 Å². The number of rotatable bonds is 11. The molecule has 0 fully saturated rings. The Bertz CT molecular complexity index is 708. The third-order valence-electron chi connectivity index (χ3n) is 3.50. The Hall–Kier alpha value is -2.78. The lowest BCUT2D eigenvalue weighted by atomic mass is 9.99. The molecule has 1 aromatic carbocycles. The van der Waals surface area contributed by atoms with Crippen LogP contribution in [-0.4, -0.2) is 29.6 Å². The number of hydrogen-bond donors (Lipinski definition) is 1. The van der Waals surface area contributed by atoms with Crippen molar-refractivity contribution in [3.8, 4) is 0 Å². The van der Waals surface area contributed by atoms with Crippen molar-refractivity contribution in [1.29, 1.82) is 0 Å². The Morgan fingerprint density at radius 1 is 1.00 bits per heavy atom. The van der Waals surface area contributed by atoms with Crippen molar-refractivity contribution in [3.05, 3.63) is 47.4 Å². The summed E-state index contributed by atoms with van der Waals surface area (Å²) in [6, 6.07) is 9.28. The van der Waals surface area contributed by atoms with Gasteiger partial charge < -0.3 is 14.6 Å². The molecule has 1 rings (SSSR count). The molecule has 29 heavy (non-hydrogen) atoms. The van der Waals surface area contributed by atoms with Gasteiger partial charge in [-0.3, -0.25) is 9.78 Å². The van der Waals surface area contributed by atoms with E-state index < -0.39 is 23.5 Å². The molecule has 0 atom stereocenters. The number of hydrogen-bond acceptors (Lipinski definition) is 8. The second-order valence-corrected chi connectivity index (χ2v) is 7.02. The standard InChI is InChI=1S/C20H28O9/c1-7-13-24-27-17(14(2)16(21)25-20(5,6)26-18(22)23)28-29-19(3,4)15-11-9-8-10-12-15/h8-12H,7,13H2,1-6H3,(H,22,23). The summed E-state index contributed by atoms with van der Waals surface area (Å²) in [4.78, 5) is 43.9. The number of carbonyl (C=O) groups is 2. The maximum Gasteiger partial charge on any atom is 0.509 e. The van der Waals surface area contributed by atoms with E-state index in [2.05, 4.69) is 4.74 Å². The predicted octanol–water partition coefficient (Wildman–Crippen LogP) is 4.43. The van der Waals surface area contributed by atoms with Crippen LogP contribution in [0.4, 0.5) is 4.79 Å². The SMILES string of the molecule is CCCOOC(OOC(C)(C)c1ccccc1)=C(C)C(=O)OC(C)(C)OC(=O)O. The van der Waals surface area contributed by atoms with E-state index in [9.17, 15) is 9.59 Å². The summed E-state index contributed by atoms with van der Waals surface area (Å²) in [6.45, 7) is 9.55. The lowest BCUT2D eigenvalue weighted by molar-refractivity contribution is -0.402. The van der Waals surface area contributed by atoms with Gasteiger partial charge in [0.05, 0.1) is 6.61 Å². The van der Waals surface area contributed by atoms with E-state index in [0.717, 1.165) is 5.56 Å². The van der Waals surface area contributed by atoms with Crippen LogP contribution in [0.2, 0.25) is 0 Å². The van der Waals surface area contributed by atoms with Crippen LogP contribution in [0.3, 0.4) is 0 Å². The fourth-order valence-electron chi connectivity index (χ4n) is 1.96. The van der Waals surface area contributed by atoms with Crippen LogP contribution >= 0.6 is 0 Å². The van der Waals surface area contributed by atoms with Gasteiger partial charge in [-0.25, -0.2) is 9.59 Å². The quantitative estimate of drug-likeness (QED) is 0.107. The summed E-state index contributed by atoms with van der Waals surface area (Å²) in [5.74, 6) is -3.03. The van der Waals surface area contributed by atoms with E-state index in [0.29, 0.717) is 6.42 Å². The second-order valence-electron chi connectivity index (χ2n) is 7.02. The summed E-state index contributed by atoms with van der Waals surface area (Å²) in [7, 11) is 0. The lowest BCUT2D eigenvalue weighted by Crippen LogP contribution is -2.34. The number of ether oxygens (including phenoxy) is 2. The summed E-state index contributed by atoms with van der Waals surface area (Å²) in [5.41, 5.74) is -0.201. The highest BCUT2D eigenvalue weighted by Gasteiger charge is 2.31. The molecule has 0 saturated carbocycles. The lowest BCUT2D eigenvalue weighted by Gasteiger charge is -2.25.